The molecule has 33 heavy (non-hydrogen) atoms. The van der Waals surface area contributed by atoms with E-state index in [1.165, 1.54) is 6.92 Å². The topological polar surface area (TPSA) is 88.8 Å². The van der Waals surface area contributed by atoms with Crippen molar-refractivity contribution in [2.75, 3.05) is 27.2 Å². The molecule has 1 aromatic heterocycles. The van der Waals surface area contributed by atoms with Gasteiger partial charge in [0, 0.05) is 44.4 Å². The van der Waals surface area contributed by atoms with E-state index >= 15 is 0 Å². The average molecular weight is 447 g/mol. The highest BCUT2D eigenvalue weighted by Crippen LogP contribution is 2.33. The Labute approximate surface area is 194 Å². The fraction of sp³-hybridized carbons (Fsp3) is 0.346. The summed E-state index contributed by atoms with van der Waals surface area (Å²) in [6, 6.07) is 18.3. The summed E-state index contributed by atoms with van der Waals surface area (Å²) < 4.78 is 5.45. The van der Waals surface area contributed by atoms with E-state index in [0.717, 1.165) is 40.0 Å². The van der Waals surface area contributed by atoms with Gasteiger partial charge in [-0.1, -0.05) is 42.5 Å². The Balaban J connectivity index is 1.43. The van der Waals surface area contributed by atoms with Crippen LogP contribution < -0.4 is 10.5 Å². The van der Waals surface area contributed by atoms with Crippen LogP contribution in [0.25, 0.3) is 10.9 Å². The molecule has 7 heteroatoms. The van der Waals surface area contributed by atoms with Crippen molar-refractivity contribution in [3.63, 3.8) is 0 Å². The number of nitrogens with two attached hydrogens (primary N) is 1. The molecule has 7 nitrogen and oxygen atoms in total. The van der Waals surface area contributed by atoms with Gasteiger partial charge in [-0.3, -0.25) is 14.5 Å². The van der Waals surface area contributed by atoms with Crippen molar-refractivity contribution in [3.8, 4) is 5.75 Å². The van der Waals surface area contributed by atoms with E-state index in [0.29, 0.717) is 19.6 Å². The van der Waals surface area contributed by atoms with E-state index in [4.69, 9.17) is 15.5 Å². The number of benzene rings is 2. The predicted octanol–water partition coefficient (Wildman–Crippen LogP) is 2.92. The van der Waals surface area contributed by atoms with Crippen LogP contribution in [-0.4, -0.2) is 53.8 Å². The third-order valence-electron chi connectivity index (χ3n) is 6.38. The van der Waals surface area contributed by atoms with Gasteiger partial charge in [0.25, 0.3) is 0 Å². The number of nitrogens with zero attached hydrogens (tertiary/aromatic N) is 3. The first-order valence-corrected chi connectivity index (χ1v) is 11.1. The monoisotopic (exact) mass is 446 g/mol. The number of pyridine rings is 1. The van der Waals surface area contributed by atoms with Gasteiger partial charge in [0.2, 0.25) is 11.8 Å². The van der Waals surface area contributed by atoms with Crippen molar-refractivity contribution in [2.24, 2.45) is 11.7 Å². The van der Waals surface area contributed by atoms with Crippen molar-refractivity contribution < 1.29 is 14.3 Å². The summed E-state index contributed by atoms with van der Waals surface area (Å²) in [6.45, 7) is 3.91. The number of ether oxygens (including phenoxy) is 1. The molecule has 3 aromatic rings. The number of amides is 2. The van der Waals surface area contributed by atoms with E-state index in [1.54, 1.807) is 12.0 Å². The summed E-state index contributed by atoms with van der Waals surface area (Å²) in [4.78, 5) is 32.4. The molecule has 0 aliphatic carbocycles. The molecule has 0 unspecified atom stereocenters. The molecule has 2 atom stereocenters. The van der Waals surface area contributed by atoms with Crippen LogP contribution >= 0.6 is 0 Å². The Morgan fingerprint density at radius 2 is 1.85 bits per heavy atom. The molecule has 0 radical (unpaired) electrons. The molecular weight excluding hydrogens is 416 g/mol. The van der Waals surface area contributed by atoms with Crippen LogP contribution in [0.4, 0.5) is 0 Å². The maximum atomic E-state index is 11.9. The van der Waals surface area contributed by atoms with Crippen LogP contribution in [-0.2, 0) is 22.7 Å². The zero-order valence-corrected chi connectivity index (χ0v) is 19.3. The molecule has 2 amide bonds. The zero-order chi connectivity index (χ0) is 23.5. The van der Waals surface area contributed by atoms with Gasteiger partial charge < -0.3 is 15.4 Å². The molecule has 2 N–H and O–H groups in total. The Bertz CT molecular complexity index is 1160. The number of primary amides is 1. The van der Waals surface area contributed by atoms with E-state index < -0.39 is 0 Å². The maximum absolute atomic E-state index is 11.9. The molecular formula is C26H30N4O3. The molecule has 0 bridgehead atoms. The van der Waals surface area contributed by atoms with Gasteiger partial charge in [-0.15, -0.1) is 0 Å². The minimum atomic E-state index is -0.355. The number of para-hydroxylation sites is 1. The summed E-state index contributed by atoms with van der Waals surface area (Å²) in [5.41, 5.74) is 9.66. The first-order chi connectivity index (χ1) is 15.9. The highest BCUT2D eigenvalue weighted by molar-refractivity contribution is 5.84. The van der Waals surface area contributed by atoms with Crippen molar-refractivity contribution in [1.82, 2.24) is 14.8 Å². The van der Waals surface area contributed by atoms with E-state index in [9.17, 15) is 9.59 Å². The molecule has 1 fully saturated rings. The van der Waals surface area contributed by atoms with E-state index in [-0.39, 0.29) is 23.7 Å². The van der Waals surface area contributed by atoms with Gasteiger partial charge >= 0.3 is 0 Å². The summed E-state index contributed by atoms with van der Waals surface area (Å²) in [6.07, 6.45) is 0. The maximum Gasteiger partial charge on any atom is 0.223 e. The van der Waals surface area contributed by atoms with Crippen molar-refractivity contribution in [2.45, 2.75) is 25.9 Å². The SMILES string of the molecule is COc1cccc2ccc(CN(C)Cc3ccc([C@H]4CN(C(C)=O)C[C@@H]4C(N)=O)cc3)nc12. The minimum absolute atomic E-state index is 0.0260. The highest BCUT2D eigenvalue weighted by Gasteiger charge is 2.38. The minimum Gasteiger partial charge on any atom is -0.494 e. The molecule has 0 saturated carbocycles. The lowest BCUT2D eigenvalue weighted by Crippen LogP contribution is -2.30. The van der Waals surface area contributed by atoms with Crippen LogP contribution in [0.3, 0.4) is 0 Å². The molecule has 172 valence electrons. The number of aromatic nitrogens is 1. The molecule has 1 aliphatic rings. The van der Waals surface area contributed by atoms with Gasteiger partial charge in [-0.25, -0.2) is 4.98 Å². The van der Waals surface area contributed by atoms with Crippen molar-refractivity contribution >= 4 is 22.7 Å². The number of carbonyl (C=O) groups is 2. The lowest BCUT2D eigenvalue weighted by molar-refractivity contribution is -0.128. The molecule has 1 aliphatic heterocycles. The van der Waals surface area contributed by atoms with Crippen LogP contribution in [0, 0.1) is 5.92 Å². The lowest BCUT2D eigenvalue weighted by atomic mass is 9.88. The number of carbonyl (C=O) groups excluding carboxylic acids is 2. The fourth-order valence-corrected chi connectivity index (χ4v) is 4.61. The normalized spacial score (nSPS) is 18.1. The first-order valence-electron chi connectivity index (χ1n) is 11.1. The highest BCUT2D eigenvalue weighted by atomic mass is 16.5. The van der Waals surface area contributed by atoms with Crippen LogP contribution in [0.1, 0.15) is 29.7 Å². The summed E-state index contributed by atoms with van der Waals surface area (Å²) >= 11 is 0. The van der Waals surface area contributed by atoms with Gasteiger partial charge in [-0.2, -0.15) is 0 Å². The largest absolute Gasteiger partial charge is 0.494 e. The molecule has 4 rings (SSSR count). The van der Waals surface area contributed by atoms with Crippen LogP contribution in [0.2, 0.25) is 0 Å². The van der Waals surface area contributed by atoms with E-state index in [2.05, 4.69) is 30.1 Å². The quantitative estimate of drug-likeness (QED) is 0.603. The second-order valence-electron chi connectivity index (χ2n) is 8.79. The Kier molecular flexibility index (Phi) is 6.60. The number of likely N-dealkylation sites (tertiary alicyclic amines) is 1. The second-order valence-corrected chi connectivity index (χ2v) is 8.79. The Morgan fingerprint density at radius 1 is 1.09 bits per heavy atom. The third-order valence-corrected chi connectivity index (χ3v) is 6.38. The number of rotatable bonds is 7. The first kappa shape index (κ1) is 22.7. The molecule has 0 spiro atoms. The Morgan fingerprint density at radius 3 is 2.52 bits per heavy atom. The Hall–Kier alpha value is -3.45. The molecule has 1 saturated heterocycles. The molecule has 2 heterocycles. The van der Waals surface area contributed by atoms with Gasteiger partial charge in [-0.05, 0) is 30.3 Å². The number of hydrogen-bond acceptors (Lipinski definition) is 5. The molecule has 2 aromatic carbocycles. The van der Waals surface area contributed by atoms with Crippen LogP contribution in [0.5, 0.6) is 5.75 Å². The number of methoxy groups -OCH3 is 1. The summed E-state index contributed by atoms with van der Waals surface area (Å²) in [5, 5.41) is 1.06. The number of hydrogen-bond donors (Lipinski definition) is 1. The predicted molar refractivity (Wildman–Crippen MR) is 128 cm³/mol. The van der Waals surface area contributed by atoms with Gasteiger partial charge in [0.05, 0.1) is 18.7 Å². The van der Waals surface area contributed by atoms with Gasteiger partial charge in [0.15, 0.2) is 0 Å². The van der Waals surface area contributed by atoms with Crippen molar-refractivity contribution in [3.05, 3.63) is 71.4 Å². The summed E-state index contributed by atoms with van der Waals surface area (Å²) in [7, 11) is 3.72. The van der Waals surface area contributed by atoms with Crippen LogP contribution in [0.15, 0.2) is 54.6 Å². The average Bonchev–Trinajstić information content (AvgIpc) is 3.25. The fourth-order valence-electron chi connectivity index (χ4n) is 4.61. The zero-order valence-electron chi connectivity index (χ0n) is 19.3. The smallest absolute Gasteiger partial charge is 0.223 e. The standard InChI is InChI=1S/C26H30N4O3/c1-17(31)30-15-22(23(16-30)26(27)32)19-9-7-18(8-10-19)13-29(2)14-21-12-11-20-5-4-6-24(33-3)25(20)28-21/h4-12,22-23H,13-16H2,1-3H3,(H2,27,32)/t22-,23+/m1/s1. The van der Waals surface area contributed by atoms with E-state index in [1.807, 2.05) is 36.4 Å². The third kappa shape index (κ3) is 4.98. The lowest BCUT2D eigenvalue weighted by Gasteiger charge is -2.19. The van der Waals surface area contributed by atoms with Crippen molar-refractivity contribution in [1.29, 1.82) is 0 Å². The summed E-state index contributed by atoms with van der Waals surface area (Å²) in [5.74, 6) is -0.0144. The van der Waals surface area contributed by atoms with Gasteiger partial charge in [0.1, 0.15) is 11.3 Å². The number of fused-ring (bicyclic) bond motifs is 1. The second kappa shape index (κ2) is 9.58.